The molecule has 0 fully saturated rings. The molecule has 0 aliphatic heterocycles. The lowest BCUT2D eigenvalue weighted by Gasteiger charge is -2.29. The molecule has 1 aromatic carbocycles. The van der Waals surface area contributed by atoms with E-state index in [1.165, 1.54) is 4.31 Å². The van der Waals surface area contributed by atoms with Crippen molar-refractivity contribution in [2.75, 3.05) is 13.1 Å². The van der Waals surface area contributed by atoms with Gasteiger partial charge in [-0.15, -0.1) is 0 Å². The highest BCUT2D eigenvalue weighted by molar-refractivity contribution is 7.87. The molecule has 1 rings (SSSR count). The monoisotopic (exact) mass is 313 g/mol. The average Bonchev–Trinajstić information content (AvgIpc) is 2.51. The SMILES string of the molecule is CCN(Cc1ccccc1)S(=O)(=O)NCC(N)(CC)CC. The van der Waals surface area contributed by atoms with Gasteiger partial charge in [-0.25, -0.2) is 4.72 Å². The van der Waals surface area contributed by atoms with E-state index in [0.717, 1.165) is 18.4 Å². The summed E-state index contributed by atoms with van der Waals surface area (Å²) in [6.45, 7) is 6.81. The van der Waals surface area contributed by atoms with E-state index in [1.807, 2.05) is 51.1 Å². The predicted molar refractivity (Wildman–Crippen MR) is 86.9 cm³/mol. The van der Waals surface area contributed by atoms with E-state index in [2.05, 4.69) is 4.72 Å². The number of benzene rings is 1. The average molecular weight is 313 g/mol. The third-order valence-electron chi connectivity index (χ3n) is 3.91. The number of nitrogens with zero attached hydrogens (tertiary/aromatic N) is 1. The van der Waals surface area contributed by atoms with Gasteiger partial charge in [0.15, 0.2) is 0 Å². The highest BCUT2D eigenvalue weighted by Gasteiger charge is 2.26. The van der Waals surface area contributed by atoms with E-state index in [1.54, 1.807) is 0 Å². The summed E-state index contributed by atoms with van der Waals surface area (Å²) in [4.78, 5) is 0. The maximum absolute atomic E-state index is 12.4. The van der Waals surface area contributed by atoms with Crippen LogP contribution in [0.1, 0.15) is 39.2 Å². The smallest absolute Gasteiger partial charge is 0.279 e. The zero-order chi connectivity index (χ0) is 15.9. The summed E-state index contributed by atoms with van der Waals surface area (Å²) in [5, 5.41) is 0. The lowest BCUT2D eigenvalue weighted by Crippen LogP contribution is -2.52. The van der Waals surface area contributed by atoms with Crippen LogP contribution in [0.2, 0.25) is 0 Å². The van der Waals surface area contributed by atoms with Crippen molar-refractivity contribution in [2.24, 2.45) is 5.73 Å². The molecule has 0 radical (unpaired) electrons. The molecule has 120 valence electrons. The van der Waals surface area contributed by atoms with Gasteiger partial charge in [-0.3, -0.25) is 0 Å². The Labute approximate surface area is 128 Å². The first-order valence-corrected chi connectivity index (χ1v) is 8.88. The molecule has 0 saturated heterocycles. The van der Waals surface area contributed by atoms with Gasteiger partial charge >= 0.3 is 0 Å². The fourth-order valence-corrected chi connectivity index (χ4v) is 3.29. The van der Waals surface area contributed by atoms with E-state index in [9.17, 15) is 8.42 Å². The molecule has 0 heterocycles. The molecule has 0 spiro atoms. The van der Waals surface area contributed by atoms with Crippen LogP contribution in [-0.4, -0.2) is 31.4 Å². The quantitative estimate of drug-likeness (QED) is 0.730. The van der Waals surface area contributed by atoms with Gasteiger partial charge in [0.1, 0.15) is 0 Å². The molecule has 0 amide bonds. The van der Waals surface area contributed by atoms with Gasteiger partial charge in [-0.1, -0.05) is 51.1 Å². The molecule has 0 atom stereocenters. The van der Waals surface area contributed by atoms with Crippen molar-refractivity contribution < 1.29 is 8.42 Å². The second kappa shape index (κ2) is 7.89. The van der Waals surface area contributed by atoms with Gasteiger partial charge in [-0.05, 0) is 18.4 Å². The maximum atomic E-state index is 12.4. The first-order valence-electron chi connectivity index (χ1n) is 7.44. The van der Waals surface area contributed by atoms with Gasteiger partial charge in [0.2, 0.25) is 0 Å². The van der Waals surface area contributed by atoms with Gasteiger partial charge in [0.25, 0.3) is 10.2 Å². The summed E-state index contributed by atoms with van der Waals surface area (Å²) in [5.74, 6) is 0. The van der Waals surface area contributed by atoms with E-state index in [-0.39, 0.29) is 6.54 Å². The highest BCUT2D eigenvalue weighted by atomic mass is 32.2. The normalized spacial score (nSPS) is 12.8. The summed E-state index contributed by atoms with van der Waals surface area (Å²) in [6, 6.07) is 9.56. The second-order valence-corrected chi connectivity index (χ2v) is 7.06. The largest absolute Gasteiger partial charge is 0.324 e. The lowest BCUT2D eigenvalue weighted by atomic mass is 9.95. The van der Waals surface area contributed by atoms with E-state index < -0.39 is 15.7 Å². The van der Waals surface area contributed by atoms with Crippen molar-refractivity contribution in [3.05, 3.63) is 35.9 Å². The third kappa shape index (κ3) is 5.39. The molecular weight excluding hydrogens is 286 g/mol. The molecule has 0 aromatic heterocycles. The van der Waals surface area contributed by atoms with Crippen LogP contribution < -0.4 is 10.5 Å². The molecular formula is C15H27N3O2S. The Morgan fingerprint density at radius 2 is 1.71 bits per heavy atom. The molecule has 0 bridgehead atoms. The van der Waals surface area contributed by atoms with Crippen molar-refractivity contribution in [3.8, 4) is 0 Å². The molecule has 1 aromatic rings. The first-order chi connectivity index (χ1) is 9.87. The molecule has 6 heteroatoms. The lowest BCUT2D eigenvalue weighted by molar-refractivity contribution is 0.372. The van der Waals surface area contributed by atoms with E-state index >= 15 is 0 Å². The Balaban J connectivity index is 2.74. The Kier molecular flexibility index (Phi) is 6.80. The van der Waals surface area contributed by atoms with Crippen molar-refractivity contribution >= 4 is 10.2 Å². The summed E-state index contributed by atoms with van der Waals surface area (Å²) in [7, 11) is -3.52. The topological polar surface area (TPSA) is 75.4 Å². The van der Waals surface area contributed by atoms with Crippen LogP contribution in [0.4, 0.5) is 0 Å². The Morgan fingerprint density at radius 1 is 1.14 bits per heavy atom. The zero-order valence-electron chi connectivity index (χ0n) is 13.2. The Morgan fingerprint density at radius 3 is 2.19 bits per heavy atom. The van der Waals surface area contributed by atoms with Gasteiger partial charge in [0.05, 0.1) is 0 Å². The molecule has 0 aliphatic rings. The fraction of sp³-hybridized carbons (Fsp3) is 0.600. The summed E-state index contributed by atoms with van der Waals surface area (Å²) in [6.07, 6.45) is 1.47. The summed E-state index contributed by atoms with van der Waals surface area (Å²) in [5.41, 5.74) is 6.63. The molecule has 5 nitrogen and oxygen atoms in total. The number of hydrogen-bond acceptors (Lipinski definition) is 3. The summed E-state index contributed by atoms with van der Waals surface area (Å²) >= 11 is 0. The van der Waals surface area contributed by atoms with Crippen molar-refractivity contribution in [1.82, 2.24) is 9.03 Å². The number of rotatable bonds is 9. The maximum Gasteiger partial charge on any atom is 0.279 e. The van der Waals surface area contributed by atoms with Gasteiger partial charge in [0, 0.05) is 25.2 Å². The third-order valence-corrected chi connectivity index (χ3v) is 5.49. The number of nitrogens with one attached hydrogen (secondary N) is 1. The van der Waals surface area contributed by atoms with E-state index in [0.29, 0.717) is 13.1 Å². The van der Waals surface area contributed by atoms with Crippen molar-refractivity contribution in [3.63, 3.8) is 0 Å². The fourth-order valence-electron chi connectivity index (χ4n) is 1.98. The summed E-state index contributed by atoms with van der Waals surface area (Å²) < 4.78 is 28.9. The van der Waals surface area contributed by atoms with Crippen LogP contribution >= 0.6 is 0 Å². The van der Waals surface area contributed by atoms with Crippen LogP contribution in [0.3, 0.4) is 0 Å². The zero-order valence-corrected chi connectivity index (χ0v) is 14.0. The Bertz CT molecular complexity index is 513. The second-order valence-electron chi connectivity index (χ2n) is 5.31. The molecule has 0 unspecified atom stereocenters. The minimum Gasteiger partial charge on any atom is -0.324 e. The van der Waals surface area contributed by atoms with Crippen LogP contribution in [0.5, 0.6) is 0 Å². The molecule has 21 heavy (non-hydrogen) atoms. The van der Waals surface area contributed by atoms with Gasteiger partial charge < -0.3 is 5.73 Å². The molecule has 0 saturated carbocycles. The number of nitrogens with two attached hydrogens (primary N) is 1. The van der Waals surface area contributed by atoms with Crippen LogP contribution in [0.15, 0.2) is 30.3 Å². The predicted octanol–water partition coefficient (Wildman–Crippen LogP) is 1.86. The van der Waals surface area contributed by atoms with Crippen LogP contribution in [0, 0.1) is 0 Å². The molecule has 0 aliphatic carbocycles. The minimum atomic E-state index is -3.52. The highest BCUT2D eigenvalue weighted by Crippen LogP contribution is 2.12. The Hall–Kier alpha value is -0.950. The first kappa shape index (κ1) is 18.1. The number of hydrogen-bond donors (Lipinski definition) is 2. The van der Waals surface area contributed by atoms with Gasteiger partial charge in [-0.2, -0.15) is 12.7 Å². The molecule has 3 N–H and O–H groups in total. The van der Waals surface area contributed by atoms with Crippen LogP contribution in [0.25, 0.3) is 0 Å². The van der Waals surface area contributed by atoms with Crippen molar-refractivity contribution in [1.29, 1.82) is 0 Å². The van der Waals surface area contributed by atoms with Crippen molar-refractivity contribution in [2.45, 2.75) is 45.7 Å². The van der Waals surface area contributed by atoms with E-state index in [4.69, 9.17) is 5.73 Å². The van der Waals surface area contributed by atoms with Crippen LogP contribution in [-0.2, 0) is 16.8 Å². The standard InChI is InChI=1S/C15H27N3O2S/c1-4-15(16,5-2)13-17-21(19,20)18(6-3)12-14-10-8-7-9-11-14/h7-11,17H,4-6,12-13,16H2,1-3H3. The minimum absolute atomic E-state index is 0.258.